The fourth-order valence-electron chi connectivity index (χ4n) is 2.90. The van der Waals surface area contributed by atoms with Crippen LogP contribution in [0.1, 0.15) is 31.7 Å². The minimum Gasteiger partial charge on any atom is -0.344 e. The third kappa shape index (κ3) is 5.64. The molecule has 1 aromatic rings. The predicted molar refractivity (Wildman–Crippen MR) is 95.7 cm³/mol. The Morgan fingerprint density at radius 3 is 2.42 bits per heavy atom. The van der Waals surface area contributed by atoms with Crippen LogP contribution >= 0.6 is 0 Å². The summed E-state index contributed by atoms with van der Waals surface area (Å²) in [6.07, 6.45) is 2.86. The van der Waals surface area contributed by atoms with Crippen molar-refractivity contribution in [2.24, 2.45) is 0 Å². The summed E-state index contributed by atoms with van der Waals surface area (Å²) >= 11 is 0. The highest BCUT2D eigenvalue weighted by Crippen LogP contribution is 2.09. The number of piperazine rings is 1. The van der Waals surface area contributed by atoms with E-state index in [1.165, 1.54) is 0 Å². The molecule has 1 saturated heterocycles. The molecule has 1 unspecified atom stereocenters. The monoisotopic (exact) mass is 331 g/mol. The van der Waals surface area contributed by atoms with E-state index in [-0.39, 0.29) is 11.8 Å². The lowest BCUT2D eigenvalue weighted by Gasteiger charge is -2.34. The number of carbonyl (C=O) groups excluding carboxylic acids is 2. The molecule has 0 saturated carbocycles. The van der Waals surface area contributed by atoms with Gasteiger partial charge in [0.1, 0.15) is 6.04 Å². The third-order valence-electron chi connectivity index (χ3n) is 4.49. The third-order valence-corrected chi connectivity index (χ3v) is 4.49. The van der Waals surface area contributed by atoms with E-state index in [0.717, 1.165) is 44.6 Å². The van der Waals surface area contributed by atoms with E-state index in [9.17, 15) is 9.59 Å². The zero-order valence-corrected chi connectivity index (χ0v) is 14.8. The lowest BCUT2D eigenvalue weighted by atomic mass is 10.0. The van der Waals surface area contributed by atoms with Gasteiger partial charge in [-0.25, -0.2) is 0 Å². The second-order valence-electron chi connectivity index (χ2n) is 6.54. The average molecular weight is 331 g/mol. The minimum absolute atomic E-state index is 0.0275. The van der Waals surface area contributed by atoms with Crippen LogP contribution in [0.5, 0.6) is 0 Å². The first-order valence-corrected chi connectivity index (χ1v) is 8.90. The molecule has 1 N–H and O–H groups in total. The normalized spacial score (nSPS) is 16.7. The van der Waals surface area contributed by atoms with Crippen molar-refractivity contribution < 1.29 is 9.59 Å². The number of amides is 2. The molecule has 0 aliphatic carbocycles. The van der Waals surface area contributed by atoms with E-state index in [0.29, 0.717) is 12.8 Å². The molecule has 1 heterocycles. The van der Waals surface area contributed by atoms with E-state index in [2.05, 4.69) is 24.2 Å². The predicted octanol–water partition coefficient (Wildman–Crippen LogP) is 1.68. The van der Waals surface area contributed by atoms with Crippen LogP contribution < -0.4 is 5.32 Å². The van der Waals surface area contributed by atoms with Crippen LogP contribution in [0, 0.1) is 0 Å². The minimum atomic E-state index is -0.472. The Kier molecular flexibility index (Phi) is 7.25. The van der Waals surface area contributed by atoms with Crippen LogP contribution in [-0.2, 0) is 16.0 Å². The van der Waals surface area contributed by atoms with Gasteiger partial charge in [-0.1, -0.05) is 43.7 Å². The molecular formula is C19H29N3O2. The second kappa shape index (κ2) is 9.42. The number of carbonyl (C=O) groups is 2. The Balaban J connectivity index is 2.03. The fourth-order valence-corrected chi connectivity index (χ4v) is 2.90. The van der Waals surface area contributed by atoms with Crippen molar-refractivity contribution in [3.8, 4) is 0 Å². The van der Waals surface area contributed by atoms with Gasteiger partial charge in [0, 0.05) is 39.0 Å². The zero-order chi connectivity index (χ0) is 17.4. The molecule has 2 rings (SSSR count). The summed E-state index contributed by atoms with van der Waals surface area (Å²) in [6, 6.07) is 9.42. The van der Waals surface area contributed by atoms with Crippen LogP contribution in [0.3, 0.4) is 0 Å². The highest BCUT2D eigenvalue weighted by atomic mass is 16.2. The molecule has 5 nitrogen and oxygen atoms in total. The van der Waals surface area contributed by atoms with Crippen molar-refractivity contribution in [1.82, 2.24) is 15.1 Å². The van der Waals surface area contributed by atoms with Gasteiger partial charge < -0.3 is 15.1 Å². The van der Waals surface area contributed by atoms with Crippen molar-refractivity contribution in [3.05, 3.63) is 35.9 Å². The van der Waals surface area contributed by atoms with E-state index in [1.807, 2.05) is 35.2 Å². The molecular weight excluding hydrogens is 302 g/mol. The molecule has 24 heavy (non-hydrogen) atoms. The van der Waals surface area contributed by atoms with Gasteiger partial charge in [0.25, 0.3) is 0 Å². The summed E-state index contributed by atoms with van der Waals surface area (Å²) in [6.45, 7) is 5.28. The Hall–Kier alpha value is -1.88. The van der Waals surface area contributed by atoms with E-state index >= 15 is 0 Å². The van der Waals surface area contributed by atoms with Gasteiger partial charge >= 0.3 is 0 Å². The number of rotatable bonds is 7. The zero-order valence-electron chi connectivity index (χ0n) is 14.8. The number of likely N-dealkylation sites (N-methyl/N-ethyl adjacent to an activating group) is 1. The molecule has 1 fully saturated rings. The number of hydrogen-bond donors (Lipinski definition) is 1. The summed E-state index contributed by atoms with van der Waals surface area (Å²) in [5, 5.41) is 2.96. The van der Waals surface area contributed by atoms with Crippen molar-refractivity contribution in [1.29, 1.82) is 0 Å². The number of nitrogens with zero attached hydrogens (tertiary/aromatic N) is 2. The van der Waals surface area contributed by atoms with Crippen LogP contribution in [0.15, 0.2) is 30.3 Å². The number of unbranched alkanes of at least 4 members (excludes halogenated alkanes) is 1. The highest BCUT2D eigenvalue weighted by molar-refractivity contribution is 5.88. The average Bonchev–Trinajstić information content (AvgIpc) is 2.60. The standard InChI is InChI=1S/C19H29N3O2/c1-3-4-10-18(23)20-17(15-16-8-6-5-7-9-16)19(24)22-13-11-21(2)12-14-22/h5-9,17H,3-4,10-15H2,1-2H3,(H,20,23). The molecule has 1 aliphatic rings. The molecule has 0 spiro atoms. The van der Waals surface area contributed by atoms with E-state index in [1.54, 1.807) is 0 Å². The quantitative estimate of drug-likeness (QED) is 0.827. The largest absolute Gasteiger partial charge is 0.344 e. The van der Waals surface area contributed by atoms with Gasteiger partial charge in [0.2, 0.25) is 11.8 Å². The van der Waals surface area contributed by atoms with Gasteiger partial charge in [0.05, 0.1) is 0 Å². The van der Waals surface area contributed by atoms with Crippen LogP contribution in [0.2, 0.25) is 0 Å². The first-order valence-electron chi connectivity index (χ1n) is 8.90. The molecule has 5 heteroatoms. The number of nitrogens with one attached hydrogen (secondary N) is 1. The maximum Gasteiger partial charge on any atom is 0.245 e. The van der Waals surface area contributed by atoms with Crippen molar-refractivity contribution in [2.75, 3.05) is 33.2 Å². The summed E-state index contributed by atoms with van der Waals surface area (Å²) in [5.41, 5.74) is 1.07. The van der Waals surface area contributed by atoms with Gasteiger partial charge in [-0.15, -0.1) is 0 Å². The summed E-state index contributed by atoms with van der Waals surface area (Å²) in [4.78, 5) is 29.2. The van der Waals surface area contributed by atoms with Crippen LogP contribution in [0.25, 0.3) is 0 Å². The number of hydrogen-bond acceptors (Lipinski definition) is 3. The summed E-state index contributed by atoms with van der Waals surface area (Å²) < 4.78 is 0. The lowest BCUT2D eigenvalue weighted by molar-refractivity contribution is -0.137. The molecule has 0 radical (unpaired) electrons. The van der Waals surface area contributed by atoms with Gasteiger partial charge in [0.15, 0.2) is 0 Å². The Labute approximate surface area is 145 Å². The lowest BCUT2D eigenvalue weighted by Crippen LogP contribution is -2.55. The first kappa shape index (κ1) is 18.5. The maximum atomic E-state index is 12.9. The van der Waals surface area contributed by atoms with Gasteiger partial charge in [-0.2, -0.15) is 0 Å². The maximum absolute atomic E-state index is 12.9. The fraction of sp³-hybridized carbons (Fsp3) is 0.579. The number of benzene rings is 1. The van der Waals surface area contributed by atoms with Crippen molar-refractivity contribution in [2.45, 2.75) is 38.6 Å². The van der Waals surface area contributed by atoms with Crippen LogP contribution in [-0.4, -0.2) is 60.9 Å². The van der Waals surface area contributed by atoms with Crippen LogP contribution in [0.4, 0.5) is 0 Å². The van der Waals surface area contributed by atoms with Gasteiger partial charge in [-0.3, -0.25) is 9.59 Å². The Bertz CT molecular complexity index is 525. The second-order valence-corrected chi connectivity index (χ2v) is 6.54. The topological polar surface area (TPSA) is 52.7 Å². The molecule has 0 bridgehead atoms. The Morgan fingerprint density at radius 2 is 1.79 bits per heavy atom. The molecule has 1 aliphatic heterocycles. The van der Waals surface area contributed by atoms with E-state index in [4.69, 9.17) is 0 Å². The first-order chi connectivity index (χ1) is 11.6. The molecule has 1 atom stereocenters. The SMILES string of the molecule is CCCCC(=O)NC(Cc1ccccc1)C(=O)N1CCN(C)CC1. The molecule has 2 amide bonds. The van der Waals surface area contributed by atoms with Crippen molar-refractivity contribution >= 4 is 11.8 Å². The highest BCUT2D eigenvalue weighted by Gasteiger charge is 2.27. The van der Waals surface area contributed by atoms with Crippen molar-refractivity contribution in [3.63, 3.8) is 0 Å². The van der Waals surface area contributed by atoms with E-state index < -0.39 is 6.04 Å². The summed E-state index contributed by atoms with van der Waals surface area (Å²) in [5.74, 6) is 0.0112. The smallest absolute Gasteiger partial charge is 0.245 e. The van der Waals surface area contributed by atoms with Gasteiger partial charge in [-0.05, 0) is 19.0 Å². The molecule has 0 aromatic heterocycles. The molecule has 132 valence electrons. The Morgan fingerprint density at radius 1 is 1.12 bits per heavy atom. The summed E-state index contributed by atoms with van der Waals surface area (Å²) in [7, 11) is 2.07. The molecule has 1 aromatic carbocycles.